The normalized spacial score (nSPS) is 17.6. The number of carbonyl (C=O) groups excluding carboxylic acids is 1. The lowest BCUT2D eigenvalue weighted by Crippen LogP contribution is -2.32. The van der Waals surface area contributed by atoms with Crippen molar-refractivity contribution in [2.75, 3.05) is 20.1 Å². The fourth-order valence-corrected chi connectivity index (χ4v) is 2.89. The smallest absolute Gasteiger partial charge is 0.387 e. The summed E-state index contributed by atoms with van der Waals surface area (Å²) in [6.45, 7) is 2.53. The molecule has 1 aliphatic heterocycles. The number of Topliss-reactive ketones (excluding diaryl/α,β-unsaturated/α-hetero) is 1. The number of alkyl halides is 3. The minimum Gasteiger partial charge on any atom is -0.387 e. The van der Waals surface area contributed by atoms with Crippen LogP contribution in [-0.2, 0) is 10.5 Å². The third-order valence-corrected chi connectivity index (χ3v) is 4.67. The molecule has 9 heteroatoms. The predicted molar refractivity (Wildman–Crippen MR) is 94.2 cm³/mol. The molecule has 0 fully saturated rings. The highest BCUT2D eigenvalue weighted by molar-refractivity contribution is 5.81. The van der Waals surface area contributed by atoms with E-state index >= 15 is 0 Å². The molecule has 6 nitrogen and oxygen atoms in total. The van der Waals surface area contributed by atoms with E-state index in [1.54, 1.807) is 14.0 Å². The Balaban J connectivity index is 1.72. The van der Waals surface area contributed by atoms with Gasteiger partial charge in [-0.25, -0.2) is 0 Å². The van der Waals surface area contributed by atoms with Crippen molar-refractivity contribution in [2.24, 2.45) is 10.2 Å². The number of rotatable bonds is 11. The second-order valence-corrected chi connectivity index (χ2v) is 6.66. The molecule has 1 aromatic carbocycles. The third-order valence-electron chi connectivity index (χ3n) is 4.67. The molecule has 3 N–H and O–H groups in total. The first-order chi connectivity index (χ1) is 12.7. The Labute approximate surface area is 156 Å². The SMILES string of the molecule is CNC(CCCCNCC(O)c1ccc(C2(C(F)(F)F)N=N2)cc1)C(C)=O. The van der Waals surface area contributed by atoms with Gasteiger partial charge in [0.1, 0.15) is 5.78 Å². The largest absolute Gasteiger partial charge is 0.442 e. The molecule has 1 aliphatic rings. The number of carbonyl (C=O) groups is 1. The maximum absolute atomic E-state index is 13.0. The zero-order valence-electron chi connectivity index (χ0n) is 15.4. The molecule has 0 saturated heterocycles. The molecular weight excluding hydrogens is 361 g/mol. The number of hydrogen-bond donors (Lipinski definition) is 3. The van der Waals surface area contributed by atoms with Crippen LogP contribution >= 0.6 is 0 Å². The van der Waals surface area contributed by atoms with Crippen molar-refractivity contribution in [3.63, 3.8) is 0 Å². The maximum atomic E-state index is 13.0. The van der Waals surface area contributed by atoms with E-state index in [4.69, 9.17) is 0 Å². The molecule has 1 heterocycles. The lowest BCUT2D eigenvalue weighted by atomic mass is 9.99. The van der Waals surface area contributed by atoms with E-state index in [9.17, 15) is 23.1 Å². The number of likely N-dealkylation sites (N-methyl/N-ethyl adjacent to an activating group) is 1. The van der Waals surface area contributed by atoms with E-state index in [0.717, 1.165) is 19.3 Å². The van der Waals surface area contributed by atoms with Crippen molar-refractivity contribution in [3.05, 3.63) is 35.4 Å². The first-order valence-corrected chi connectivity index (χ1v) is 8.89. The highest BCUT2D eigenvalue weighted by Gasteiger charge is 2.65. The van der Waals surface area contributed by atoms with Gasteiger partial charge in [0, 0.05) is 12.1 Å². The minimum atomic E-state index is -4.55. The second-order valence-electron chi connectivity index (χ2n) is 6.66. The van der Waals surface area contributed by atoms with Crippen LogP contribution in [0, 0.1) is 0 Å². The van der Waals surface area contributed by atoms with E-state index in [1.807, 2.05) is 0 Å². The summed E-state index contributed by atoms with van der Waals surface area (Å²) in [5.41, 5.74) is -1.96. The van der Waals surface area contributed by atoms with E-state index in [-0.39, 0.29) is 17.4 Å². The van der Waals surface area contributed by atoms with E-state index in [0.29, 0.717) is 18.7 Å². The minimum absolute atomic E-state index is 0.0523. The van der Waals surface area contributed by atoms with Crippen LogP contribution < -0.4 is 10.6 Å². The number of ketones is 1. The number of benzene rings is 1. The van der Waals surface area contributed by atoms with Crippen LogP contribution in [0.5, 0.6) is 0 Å². The summed E-state index contributed by atoms with van der Waals surface area (Å²) in [4.78, 5) is 11.3. The average molecular weight is 386 g/mol. The number of aliphatic hydroxyl groups is 1. The zero-order chi connectivity index (χ0) is 20.1. The van der Waals surface area contributed by atoms with Crippen LogP contribution in [0.1, 0.15) is 43.4 Å². The molecule has 0 radical (unpaired) electrons. The summed E-state index contributed by atoms with van der Waals surface area (Å²) in [7, 11) is 1.76. The van der Waals surface area contributed by atoms with Crippen LogP contribution in [0.25, 0.3) is 0 Å². The molecule has 2 unspecified atom stereocenters. The van der Waals surface area contributed by atoms with Gasteiger partial charge in [0.2, 0.25) is 0 Å². The molecule has 1 aromatic rings. The Morgan fingerprint density at radius 3 is 2.33 bits per heavy atom. The van der Waals surface area contributed by atoms with Gasteiger partial charge in [0.05, 0.1) is 12.1 Å². The molecule has 0 aromatic heterocycles. The van der Waals surface area contributed by atoms with Gasteiger partial charge >= 0.3 is 11.8 Å². The van der Waals surface area contributed by atoms with Crippen molar-refractivity contribution in [3.8, 4) is 0 Å². The van der Waals surface area contributed by atoms with Crippen LogP contribution in [0.15, 0.2) is 34.5 Å². The first kappa shape index (κ1) is 21.5. The maximum Gasteiger partial charge on any atom is 0.442 e. The number of halogens is 3. The number of nitrogens with one attached hydrogen (secondary N) is 2. The number of unbranched alkanes of at least 4 members (excludes halogenated alkanes) is 1. The van der Waals surface area contributed by atoms with Crippen molar-refractivity contribution in [1.82, 2.24) is 10.6 Å². The fraction of sp³-hybridized carbons (Fsp3) is 0.611. The molecule has 0 bridgehead atoms. The van der Waals surface area contributed by atoms with Gasteiger partial charge in [-0.15, -0.1) is 10.2 Å². The Morgan fingerprint density at radius 1 is 1.22 bits per heavy atom. The van der Waals surface area contributed by atoms with Crippen LogP contribution in [0.3, 0.4) is 0 Å². The molecular formula is C18H25F3N4O2. The summed E-state index contributed by atoms with van der Waals surface area (Å²) in [5.74, 6) is 0.114. The van der Waals surface area contributed by atoms with E-state index < -0.39 is 17.9 Å². The second kappa shape index (κ2) is 8.90. The Bertz CT molecular complexity index is 656. The molecule has 150 valence electrons. The van der Waals surface area contributed by atoms with Crippen molar-refractivity contribution in [1.29, 1.82) is 0 Å². The Hall–Kier alpha value is -1.84. The van der Waals surface area contributed by atoms with Gasteiger partial charge < -0.3 is 15.7 Å². The van der Waals surface area contributed by atoms with Crippen LogP contribution in [-0.4, -0.2) is 43.2 Å². The quantitative estimate of drug-likeness (QED) is 0.511. The Morgan fingerprint density at radius 2 is 1.85 bits per heavy atom. The van der Waals surface area contributed by atoms with Crippen molar-refractivity contribution in [2.45, 2.75) is 50.2 Å². The first-order valence-electron chi connectivity index (χ1n) is 8.89. The van der Waals surface area contributed by atoms with Gasteiger partial charge in [-0.1, -0.05) is 30.7 Å². The predicted octanol–water partition coefficient (Wildman–Crippen LogP) is 2.84. The molecule has 0 amide bonds. The third kappa shape index (κ3) is 5.33. The Kier molecular flexibility index (Phi) is 7.07. The number of hydrogen-bond acceptors (Lipinski definition) is 6. The van der Waals surface area contributed by atoms with Crippen molar-refractivity contribution >= 4 is 5.78 Å². The summed E-state index contributed by atoms with van der Waals surface area (Å²) >= 11 is 0. The van der Waals surface area contributed by atoms with Crippen LogP contribution in [0.4, 0.5) is 13.2 Å². The van der Waals surface area contributed by atoms with Crippen LogP contribution in [0.2, 0.25) is 0 Å². The fourth-order valence-electron chi connectivity index (χ4n) is 2.89. The lowest BCUT2D eigenvalue weighted by Gasteiger charge is -2.17. The van der Waals surface area contributed by atoms with Gasteiger partial charge in [0.15, 0.2) is 0 Å². The van der Waals surface area contributed by atoms with Gasteiger partial charge in [-0.3, -0.25) is 4.79 Å². The molecule has 2 rings (SSSR count). The van der Waals surface area contributed by atoms with Gasteiger partial charge in [-0.2, -0.15) is 13.2 Å². The average Bonchev–Trinajstić information content (AvgIpc) is 3.42. The standard InChI is InChI=1S/C18H25F3N4O2/c1-12(26)15(22-2)5-3-4-10-23-11-16(27)13-6-8-14(9-7-13)17(24-25-17)18(19,20)21/h6-9,15-16,22-23,27H,3-5,10-11H2,1-2H3. The highest BCUT2D eigenvalue weighted by atomic mass is 19.4. The topological polar surface area (TPSA) is 86.1 Å². The lowest BCUT2D eigenvalue weighted by molar-refractivity contribution is -0.166. The molecule has 0 aliphatic carbocycles. The number of aliphatic hydroxyl groups excluding tert-OH is 1. The van der Waals surface area contributed by atoms with E-state index in [1.165, 1.54) is 24.3 Å². The molecule has 27 heavy (non-hydrogen) atoms. The van der Waals surface area contributed by atoms with Gasteiger partial charge in [0.25, 0.3) is 0 Å². The molecule has 0 saturated carbocycles. The highest BCUT2D eigenvalue weighted by Crippen LogP contribution is 2.52. The summed E-state index contributed by atoms with van der Waals surface area (Å²) in [6.07, 6.45) is -2.89. The van der Waals surface area contributed by atoms with E-state index in [2.05, 4.69) is 20.9 Å². The summed E-state index contributed by atoms with van der Waals surface area (Å²) < 4.78 is 38.9. The summed E-state index contributed by atoms with van der Waals surface area (Å²) in [6, 6.07) is 5.39. The summed E-state index contributed by atoms with van der Waals surface area (Å²) in [5, 5.41) is 22.6. The zero-order valence-corrected chi connectivity index (χ0v) is 15.4. The van der Waals surface area contributed by atoms with Crippen molar-refractivity contribution < 1.29 is 23.1 Å². The van der Waals surface area contributed by atoms with Gasteiger partial charge in [-0.05, 0) is 38.9 Å². The number of nitrogens with zero attached hydrogens (tertiary/aromatic N) is 2. The monoisotopic (exact) mass is 386 g/mol. The molecule has 0 spiro atoms. The molecule has 2 atom stereocenters.